The Balaban J connectivity index is 2.03. The number of amides is 1. The summed E-state index contributed by atoms with van der Waals surface area (Å²) in [6, 6.07) is 0. The van der Waals surface area contributed by atoms with Crippen LogP contribution in [0.1, 0.15) is 5.56 Å². The van der Waals surface area contributed by atoms with E-state index >= 15 is 0 Å². The lowest BCUT2D eigenvalue weighted by Gasteiger charge is -2.04. The maximum Gasteiger partial charge on any atom is 0.230 e. The number of carbonyl (C=O) groups is 1. The number of fused-ring (bicyclic) bond motifs is 1. The molecule has 1 N–H and O–H groups in total. The topological polar surface area (TPSA) is 64.1 Å². The van der Waals surface area contributed by atoms with Gasteiger partial charge in [-0.15, -0.1) is 11.3 Å². The summed E-state index contributed by atoms with van der Waals surface area (Å²) in [5, 5.41) is 3.56. The third-order valence-corrected chi connectivity index (χ3v) is 5.29. The molecule has 2 rings (SSSR count). The molecule has 5 nitrogen and oxygen atoms in total. The highest BCUT2D eigenvalue weighted by Gasteiger charge is 2.13. The smallest absolute Gasteiger partial charge is 0.230 e. The quantitative estimate of drug-likeness (QED) is 0.500. The van der Waals surface area contributed by atoms with E-state index < -0.39 is 0 Å². The Labute approximate surface area is 130 Å². The number of nitrogens with zero attached hydrogens (tertiary/aromatic N) is 2. The lowest BCUT2D eigenvalue weighted by molar-refractivity contribution is -0.118. The Morgan fingerprint density at radius 1 is 1.55 bits per heavy atom. The lowest BCUT2D eigenvalue weighted by atomic mass is 10.3. The summed E-state index contributed by atoms with van der Waals surface area (Å²) in [5.41, 5.74) is 1.82. The van der Waals surface area contributed by atoms with E-state index in [0.29, 0.717) is 23.2 Å². The number of aromatic nitrogens is 2. The molecule has 0 radical (unpaired) electrons. The van der Waals surface area contributed by atoms with E-state index in [0.717, 1.165) is 20.8 Å². The van der Waals surface area contributed by atoms with Gasteiger partial charge in [-0.2, -0.15) is 0 Å². The zero-order valence-corrected chi connectivity index (χ0v) is 13.5. The van der Waals surface area contributed by atoms with Gasteiger partial charge < -0.3 is 10.1 Å². The fourth-order valence-corrected chi connectivity index (χ4v) is 3.77. The molecule has 0 aliphatic heterocycles. The molecule has 8 heteroatoms. The molecule has 108 valence electrons. The Hall–Kier alpha value is -0.890. The Morgan fingerprint density at radius 3 is 3.10 bits per heavy atom. The first-order chi connectivity index (χ1) is 9.63. The molecule has 0 aliphatic carbocycles. The molecule has 2 aromatic rings. The van der Waals surface area contributed by atoms with Gasteiger partial charge in [0.1, 0.15) is 11.4 Å². The van der Waals surface area contributed by atoms with Crippen molar-refractivity contribution in [1.29, 1.82) is 0 Å². The van der Waals surface area contributed by atoms with Crippen molar-refractivity contribution in [2.75, 3.05) is 26.0 Å². The van der Waals surface area contributed by atoms with E-state index in [2.05, 4.69) is 15.3 Å². The summed E-state index contributed by atoms with van der Waals surface area (Å²) in [4.78, 5) is 20.1. The molecule has 0 atom stereocenters. The maximum absolute atomic E-state index is 11.6. The van der Waals surface area contributed by atoms with Crippen LogP contribution >= 0.6 is 34.7 Å². The van der Waals surface area contributed by atoms with Gasteiger partial charge in [-0.05, 0) is 6.92 Å². The van der Waals surface area contributed by atoms with Crippen LogP contribution in [0.15, 0.2) is 11.4 Å². The van der Waals surface area contributed by atoms with Crippen LogP contribution in [0.2, 0.25) is 4.34 Å². The highest BCUT2D eigenvalue weighted by molar-refractivity contribution is 8.00. The van der Waals surface area contributed by atoms with Crippen LogP contribution in [0.25, 0.3) is 10.2 Å². The molecule has 0 unspecified atom stereocenters. The van der Waals surface area contributed by atoms with Crippen molar-refractivity contribution in [2.45, 2.75) is 11.9 Å². The molecular formula is C12H14ClN3O2S2. The Morgan fingerprint density at radius 2 is 2.35 bits per heavy atom. The molecule has 0 bridgehead atoms. The molecule has 0 saturated carbocycles. The van der Waals surface area contributed by atoms with Crippen LogP contribution < -0.4 is 5.32 Å². The molecular weight excluding hydrogens is 318 g/mol. The second kappa shape index (κ2) is 7.21. The zero-order valence-electron chi connectivity index (χ0n) is 11.1. The number of hydrogen-bond acceptors (Lipinski definition) is 6. The number of hydrogen-bond donors (Lipinski definition) is 1. The minimum absolute atomic E-state index is 0.0433. The Bertz CT molecular complexity index is 618. The number of halogens is 1. The highest BCUT2D eigenvalue weighted by Crippen LogP contribution is 2.37. The molecule has 0 aliphatic rings. The number of methoxy groups -OCH3 is 1. The van der Waals surface area contributed by atoms with Gasteiger partial charge in [0.2, 0.25) is 5.91 Å². The van der Waals surface area contributed by atoms with Crippen molar-refractivity contribution in [1.82, 2.24) is 15.3 Å². The third-order valence-electron chi connectivity index (χ3n) is 2.58. The number of thiophene rings is 1. The predicted molar refractivity (Wildman–Crippen MR) is 82.8 cm³/mol. The van der Waals surface area contributed by atoms with Gasteiger partial charge in [-0.3, -0.25) is 4.79 Å². The van der Waals surface area contributed by atoms with Crippen LogP contribution in [-0.4, -0.2) is 41.9 Å². The standard InChI is InChI=1S/C12H14ClN3O2S2/c1-7-9-10(20-11(7)13)12(16-6-15-9)19-5-8(17)14-3-4-18-2/h6H,3-5H2,1-2H3,(H,14,17). The molecule has 0 saturated heterocycles. The van der Waals surface area contributed by atoms with Gasteiger partial charge in [0.25, 0.3) is 0 Å². The molecule has 2 aromatic heterocycles. The summed E-state index contributed by atoms with van der Waals surface area (Å²) in [6.07, 6.45) is 1.50. The molecule has 20 heavy (non-hydrogen) atoms. The van der Waals surface area contributed by atoms with Crippen LogP contribution in [-0.2, 0) is 9.53 Å². The van der Waals surface area contributed by atoms with Gasteiger partial charge in [-0.1, -0.05) is 23.4 Å². The van der Waals surface area contributed by atoms with E-state index in [1.807, 2.05) is 6.92 Å². The number of rotatable bonds is 6. The third kappa shape index (κ3) is 3.60. The predicted octanol–water partition coefficient (Wildman–Crippen LogP) is 2.51. The number of nitrogens with one attached hydrogen (secondary N) is 1. The van der Waals surface area contributed by atoms with Crippen molar-refractivity contribution in [3.8, 4) is 0 Å². The Kier molecular flexibility index (Phi) is 5.59. The average molecular weight is 332 g/mol. The lowest BCUT2D eigenvalue weighted by Crippen LogP contribution is -2.28. The first-order valence-corrected chi connectivity index (χ1v) is 8.09. The zero-order chi connectivity index (χ0) is 14.5. The molecule has 0 fully saturated rings. The van der Waals surface area contributed by atoms with Crippen molar-refractivity contribution in [3.63, 3.8) is 0 Å². The highest BCUT2D eigenvalue weighted by atomic mass is 35.5. The van der Waals surface area contributed by atoms with Gasteiger partial charge in [0.15, 0.2) is 0 Å². The van der Waals surface area contributed by atoms with E-state index in [-0.39, 0.29) is 5.91 Å². The first kappa shape index (κ1) is 15.5. The van der Waals surface area contributed by atoms with Crippen molar-refractivity contribution < 1.29 is 9.53 Å². The first-order valence-electron chi connectivity index (χ1n) is 5.91. The van der Waals surface area contributed by atoms with Gasteiger partial charge in [0, 0.05) is 19.2 Å². The van der Waals surface area contributed by atoms with Crippen molar-refractivity contribution in [2.24, 2.45) is 0 Å². The number of aryl methyl sites for hydroxylation is 1. The summed E-state index contributed by atoms with van der Waals surface area (Å²) < 4.78 is 6.52. The van der Waals surface area contributed by atoms with Crippen LogP contribution in [0.4, 0.5) is 0 Å². The molecule has 0 aromatic carbocycles. The minimum Gasteiger partial charge on any atom is -0.383 e. The summed E-state index contributed by atoms with van der Waals surface area (Å²) in [5.74, 6) is 0.267. The summed E-state index contributed by atoms with van der Waals surface area (Å²) in [7, 11) is 1.60. The molecule has 1 amide bonds. The molecule has 0 spiro atoms. The fourth-order valence-electron chi connectivity index (χ4n) is 1.56. The normalized spacial score (nSPS) is 10.9. The SMILES string of the molecule is COCCNC(=O)CSc1ncnc2c(C)c(Cl)sc12. The maximum atomic E-state index is 11.6. The van der Waals surface area contributed by atoms with E-state index in [1.165, 1.54) is 29.4 Å². The second-order valence-electron chi connectivity index (χ2n) is 3.99. The van der Waals surface area contributed by atoms with Crippen LogP contribution in [0, 0.1) is 6.92 Å². The van der Waals surface area contributed by atoms with E-state index in [1.54, 1.807) is 7.11 Å². The summed E-state index contributed by atoms with van der Waals surface area (Å²) >= 11 is 8.95. The van der Waals surface area contributed by atoms with Crippen molar-refractivity contribution in [3.05, 3.63) is 16.2 Å². The van der Waals surface area contributed by atoms with Gasteiger partial charge in [0.05, 0.1) is 26.9 Å². The second-order valence-corrected chi connectivity index (χ2v) is 6.58. The van der Waals surface area contributed by atoms with Gasteiger partial charge in [-0.25, -0.2) is 9.97 Å². The largest absolute Gasteiger partial charge is 0.383 e. The molecule has 2 heterocycles. The monoisotopic (exact) mass is 331 g/mol. The van der Waals surface area contributed by atoms with Crippen LogP contribution in [0.3, 0.4) is 0 Å². The minimum atomic E-state index is -0.0433. The van der Waals surface area contributed by atoms with Crippen LogP contribution in [0.5, 0.6) is 0 Å². The number of ether oxygens (including phenoxy) is 1. The van der Waals surface area contributed by atoms with E-state index in [9.17, 15) is 4.79 Å². The average Bonchev–Trinajstić information content (AvgIpc) is 2.73. The fraction of sp³-hybridized carbons (Fsp3) is 0.417. The number of thioether (sulfide) groups is 1. The summed E-state index contributed by atoms with van der Waals surface area (Å²) in [6.45, 7) is 2.95. The van der Waals surface area contributed by atoms with E-state index in [4.69, 9.17) is 16.3 Å². The number of carbonyl (C=O) groups excluding carboxylic acids is 1. The van der Waals surface area contributed by atoms with Crippen molar-refractivity contribution >= 4 is 50.8 Å². The van der Waals surface area contributed by atoms with Gasteiger partial charge >= 0.3 is 0 Å².